The molecular formula is C27H38N2O2. The van der Waals surface area contributed by atoms with Crippen LogP contribution in [0.4, 0.5) is 4.79 Å². The Balaban J connectivity index is 1.84. The zero-order valence-electron chi connectivity index (χ0n) is 19.8. The van der Waals surface area contributed by atoms with Gasteiger partial charge in [-0.05, 0) is 55.8 Å². The van der Waals surface area contributed by atoms with Crippen molar-refractivity contribution in [1.29, 1.82) is 0 Å². The second kappa shape index (κ2) is 10.3. The second-order valence-electron chi connectivity index (χ2n) is 9.23. The molecule has 3 unspecified atom stereocenters. The van der Waals surface area contributed by atoms with Crippen molar-refractivity contribution in [3.63, 3.8) is 0 Å². The van der Waals surface area contributed by atoms with Gasteiger partial charge in [0.25, 0.3) is 0 Å². The topological polar surface area (TPSA) is 32.8 Å². The molecule has 1 aliphatic rings. The Morgan fingerprint density at radius 1 is 1.10 bits per heavy atom. The third kappa shape index (κ3) is 5.30. The van der Waals surface area contributed by atoms with E-state index in [9.17, 15) is 4.79 Å². The molecule has 1 amide bonds. The van der Waals surface area contributed by atoms with Gasteiger partial charge in [0.1, 0.15) is 0 Å². The number of likely N-dealkylation sites (tertiary alicyclic amines) is 1. The minimum atomic E-state index is -0.253. The minimum Gasteiger partial charge on any atom is -0.453 e. The number of rotatable bonds is 7. The van der Waals surface area contributed by atoms with Crippen molar-refractivity contribution in [2.24, 2.45) is 5.92 Å². The zero-order valence-corrected chi connectivity index (χ0v) is 19.8. The predicted molar refractivity (Wildman–Crippen MR) is 127 cm³/mol. The van der Waals surface area contributed by atoms with Gasteiger partial charge in [0.2, 0.25) is 0 Å². The van der Waals surface area contributed by atoms with Gasteiger partial charge in [-0.2, -0.15) is 0 Å². The first-order chi connectivity index (χ1) is 14.9. The van der Waals surface area contributed by atoms with Gasteiger partial charge < -0.3 is 14.5 Å². The number of nitrogens with zero attached hydrogens (tertiary/aromatic N) is 2. The monoisotopic (exact) mass is 422 g/mol. The summed E-state index contributed by atoms with van der Waals surface area (Å²) in [6.45, 7) is 9.15. The fraction of sp³-hybridized carbons (Fsp3) is 0.519. The van der Waals surface area contributed by atoms with Gasteiger partial charge in [0, 0.05) is 31.1 Å². The molecule has 3 atom stereocenters. The molecule has 0 spiro atoms. The van der Waals surface area contributed by atoms with Crippen LogP contribution in [0.5, 0.6) is 0 Å². The van der Waals surface area contributed by atoms with E-state index in [0.29, 0.717) is 25.0 Å². The normalized spacial score (nSPS) is 24.0. The van der Waals surface area contributed by atoms with Crippen LogP contribution in [0, 0.1) is 5.92 Å². The van der Waals surface area contributed by atoms with E-state index in [4.69, 9.17) is 4.74 Å². The van der Waals surface area contributed by atoms with E-state index in [1.165, 1.54) is 18.2 Å². The molecule has 0 saturated carbocycles. The first-order valence-electron chi connectivity index (χ1n) is 11.6. The maximum atomic E-state index is 12.6. The number of hydrogen-bond acceptors (Lipinski definition) is 3. The SMILES string of the molecule is CCc1ccc(CN(CCC2(c3ccccc3)CC(C)N(C)CC2C)C(=O)OC)cc1. The third-order valence-corrected chi connectivity index (χ3v) is 7.33. The molecule has 0 bridgehead atoms. The van der Waals surface area contributed by atoms with E-state index in [0.717, 1.165) is 31.4 Å². The number of benzene rings is 2. The Hall–Kier alpha value is -2.33. The molecule has 1 fully saturated rings. The number of ether oxygens (including phenoxy) is 1. The van der Waals surface area contributed by atoms with E-state index in [1.54, 1.807) is 0 Å². The molecule has 2 aromatic carbocycles. The molecule has 1 aliphatic heterocycles. The largest absolute Gasteiger partial charge is 0.453 e. The fourth-order valence-electron chi connectivity index (χ4n) is 5.14. The smallest absolute Gasteiger partial charge is 0.409 e. The lowest BCUT2D eigenvalue weighted by Gasteiger charge is -2.50. The molecule has 31 heavy (non-hydrogen) atoms. The van der Waals surface area contributed by atoms with Crippen LogP contribution >= 0.6 is 0 Å². The van der Waals surface area contributed by atoms with Crippen LogP contribution in [0.2, 0.25) is 0 Å². The van der Waals surface area contributed by atoms with E-state index in [-0.39, 0.29) is 11.5 Å². The molecule has 2 aromatic rings. The summed E-state index contributed by atoms with van der Waals surface area (Å²) in [5.74, 6) is 0.499. The Kier molecular flexibility index (Phi) is 7.77. The highest BCUT2D eigenvalue weighted by Crippen LogP contribution is 2.44. The maximum absolute atomic E-state index is 12.6. The van der Waals surface area contributed by atoms with E-state index in [1.807, 2.05) is 4.90 Å². The summed E-state index contributed by atoms with van der Waals surface area (Å²) in [5.41, 5.74) is 3.89. The number of hydrogen-bond donors (Lipinski definition) is 0. The lowest BCUT2D eigenvalue weighted by Crippen LogP contribution is -2.52. The molecule has 0 N–H and O–H groups in total. The zero-order chi connectivity index (χ0) is 22.4. The number of carbonyl (C=O) groups is 1. The van der Waals surface area contributed by atoms with Gasteiger partial charge >= 0.3 is 6.09 Å². The molecule has 4 nitrogen and oxygen atoms in total. The van der Waals surface area contributed by atoms with Crippen LogP contribution < -0.4 is 0 Å². The number of carbonyl (C=O) groups excluding carboxylic acids is 1. The van der Waals surface area contributed by atoms with Crippen LogP contribution in [0.15, 0.2) is 54.6 Å². The molecular weight excluding hydrogens is 384 g/mol. The van der Waals surface area contributed by atoms with Gasteiger partial charge in [-0.1, -0.05) is 68.4 Å². The Morgan fingerprint density at radius 3 is 2.35 bits per heavy atom. The summed E-state index contributed by atoms with van der Waals surface area (Å²) in [4.78, 5) is 17.0. The van der Waals surface area contributed by atoms with E-state index >= 15 is 0 Å². The Bertz CT molecular complexity index is 836. The van der Waals surface area contributed by atoms with Crippen LogP contribution in [0.3, 0.4) is 0 Å². The fourth-order valence-corrected chi connectivity index (χ4v) is 5.14. The molecule has 0 radical (unpaired) electrons. The summed E-state index contributed by atoms with van der Waals surface area (Å²) in [7, 11) is 3.69. The van der Waals surface area contributed by atoms with Crippen molar-refractivity contribution in [2.45, 2.75) is 58.0 Å². The molecule has 4 heteroatoms. The van der Waals surface area contributed by atoms with Gasteiger partial charge in [-0.15, -0.1) is 0 Å². The quantitative estimate of drug-likeness (QED) is 0.590. The predicted octanol–water partition coefficient (Wildman–Crippen LogP) is 5.51. The van der Waals surface area contributed by atoms with Gasteiger partial charge in [0.15, 0.2) is 0 Å². The number of amides is 1. The average molecular weight is 423 g/mol. The molecule has 1 heterocycles. The van der Waals surface area contributed by atoms with E-state index in [2.05, 4.69) is 87.3 Å². The average Bonchev–Trinajstić information content (AvgIpc) is 2.80. The van der Waals surface area contributed by atoms with Crippen molar-refractivity contribution >= 4 is 6.09 Å². The highest BCUT2D eigenvalue weighted by atomic mass is 16.5. The minimum absolute atomic E-state index is 0.0471. The van der Waals surface area contributed by atoms with Gasteiger partial charge in [0.05, 0.1) is 7.11 Å². The number of aryl methyl sites for hydroxylation is 1. The van der Waals surface area contributed by atoms with Crippen molar-refractivity contribution in [1.82, 2.24) is 9.80 Å². The molecule has 168 valence electrons. The first kappa shape index (κ1) is 23.3. The highest BCUT2D eigenvalue weighted by molar-refractivity contribution is 5.67. The van der Waals surface area contributed by atoms with Crippen molar-refractivity contribution in [3.05, 3.63) is 71.3 Å². The molecule has 0 aliphatic carbocycles. The van der Waals surface area contributed by atoms with Crippen LogP contribution in [-0.2, 0) is 23.1 Å². The summed E-state index contributed by atoms with van der Waals surface area (Å²) >= 11 is 0. The highest BCUT2D eigenvalue weighted by Gasteiger charge is 2.44. The maximum Gasteiger partial charge on any atom is 0.409 e. The lowest BCUT2D eigenvalue weighted by molar-refractivity contribution is 0.0577. The molecule has 0 aromatic heterocycles. The summed E-state index contributed by atoms with van der Waals surface area (Å²) < 4.78 is 5.15. The van der Waals surface area contributed by atoms with Crippen LogP contribution in [0.1, 0.15) is 50.3 Å². The van der Waals surface area contributed by atoms with Gasteiger partial charge in [-0.25, -0.2) is 4.79 Å². The Labute approximate surface area is 188 Å². The van der Waals surface area contributed by atoms with Crippen molar-refractivity contribution in [3.8, 4) is 0 Å². The van der Waals surface area contributed by atoms with E-state index < -0.39 is 0 Å². The molecule has 3 rings (SSSR count). The lowest BCUT2D eigenvalue weighted by atomic mass is 9.63. The molecule has 1 saturated heterocycles. The summed E-state index contributed by atoms with van der Waals surface area (Å²) in [5, 5.41) is 0. The first-order valence-corrected chi connectivity index (χ1v) is 11.6. The van der Waals surface area contributed by atoms with Crippen molar-refractivity contribution in [2.75, 3.05) is 27.2 Å². The number of methoxy groups -OCH3 is 1. The van der Waals surface area contributed by atoms with Gasteiger partial charge in [-0.3, -0.25) is 0 Å². The van der Waals surface area contributed by atoms with Crippen LogP contribution in [-0.4, -0.2) is 49.2 Å². The third-order valence-electron chi connectivity index (χ3n) is 7.33. The number of piperidine rings is 1. The Morgan fingerprint density at radius 2 is 1.74 bits per heavy atom. The van der Waals surface area contributed by atoms with Crippen LogP contribution in [0.25, 0.3) is 0 Å². The second-order valence-corrected chi connectivity index (χ2v) is 9.23. The summed E-state index contributed by atoms with van der Waals surface area (Å²) in [6.07, 6.45) is 2.79. The van der Waals surface area contributed by atoms with Crippen molar-refractivity contribution < 1.29 is 9.53 Å². The standard InChI is InChI=1S/C27H38N2O2/c1-6-23-12-14-24(15-13-23)20-29(26(30)31-5)17-16-27(25-10-8-7-9-11-25)18-22(3)28(4)19-21(27)2/h7-15,21-22H,6,16-20H2,1-5H3. The summed E-state index contributed by atoms with van der Waals surface area (Å²) in [6, 6.07) is 19.9.